The molecule has 0 radical (unpaired) electrons. The third-order valence-corrected chi connectivity index (χ3v) is 7.42. The molecule has 5 nitrogen and oxygen atoms in total. The van der Waals surface area contributed by atoms with Crippen LogP contribution in [0.2, 0.25) is 5.02 Å². The number of nitrogens with zero attached hydrogens (tertiary/aromatic N) is 2. The fourth-order valence-electron chi connectivity index (χ4n) is 4.38. The zero-order chi connectivity index (χ0) is 25.9. The first-order chi connectivity index (χ1) is 17.9. The Hall–Kier alpha value is -3.74. The van der Waals surface area contributed by atoms with Crippen LogP contribution >= 0.6 is 23.4 Å². The van der Waals surface area contributed by atoms with E-state index in [1.807, 2.05) is 44.2 Å². The number of halogens is 1. The van der Waals surface area contributed by atoms with Crippen molar-refractivity contribution in [1.29, 1.82) is 0 Å². The van der Waals surface area contributed by atoms with E-state index >= 15 is 0 Å². The summed E-state index contributed by atoms with van der Waals surface area (Å²) in [6.45, 7) is 4.45. The van der Waals surface area contributed by atoms with Crippen LogP contribution in [-0.4, -0.2) is 33.8 Å². The van der Waals surface area contributed by atoms with Gasteiger partial charge in [0.1, 0.15) is 12.4 Å². The van der Waals surface area contributed by atoms with Gasteiger partial charge in [0.2, 0.25) is 0 Å². The van der Waals surface area contributed by atoms with Gasteiger partial charge in [-0.25, -0.2) is 0 Å². The first-order valence-electron chi connectivity index (χ1n) is 11.9. The van der Waals surface area contributed by atoms with Gasteiger partial charge in [-0.1, -0.05) is 54.1 Å². The van der Waals surface area contributed by atoms with E-state index in [1.165, 1.54) is 10.5 Å². The molecule has 1 aliphatic heterocycles. The Morgan fingerprint density at radius 2 is 1.57 bits per heavy atom. The molecule has 0 saturated carbocycles. The van der Waals surface area contributed by atoms with Gasteiger partial charge in [-0.2, -0.15) is 0 Å². The van der Waals surface area contributed by atoms with Gasteiger partial charge in [0, 0.05) is 22.1 Å². The van der Waals surface area contributed by atoms with Crippen LogP contribution in [0.25, 0.3) is 22.9 Å². The molecule has 2 amide bonds. The lowest BCUT2D eigenvalue weighted by Gasteiger charge is -2.13. The average Bonchev–Trinajstić information content (AvgIpc) is 3.34. The van der Waals surface area contributed by atoms with E-state index in [0.717, 1.165) is 40.0 Å². The molecule has 4 aromatic rings. The lowest BCUT2D eigenvalue weighted by atomic mass is 10.1. The first kappa shape index (κ1) is 24.9. The Kier molecular flexibility index (Phi) is 7.22. The maximum absolute atomic E-state index is 13.0. The van der Waals surface area contributed by atoms with E-state index in [4.69, 9.17) is 16.3 Å². The lowest BCUT2D eigenvalue weighted by Crippen LogP contribution is -2.32. The molecule has 0 bridgehead atoms. The topological polar surface area (TPSA) is 51.5 Å². The van der Waals surface area contributed by atoms with Crippen LogP contribution in [0.4, 0.5) is 4.79 Å². The normalized spacial score (nSPS) is 14.6. The van der Waals surface area contributed by atoms with Crippen molar-refractivity contribution in [3.05, 3.63) is 112 Å². The van der Waals surface area contributed by atoms with Gasteiger partial charge in [0.25, 0.3) is 11.1 Å². The second-order valence-electron chi connectivity index (χ2n) is 8.71. The van der Waals surface area contributed by atoms with Crippen LogP contribution in [0.1, 0.15) is 17.0 Å². The molecule has 186 valence electrons. The van der Waals surface area contributed by atoms with Gasteiger partial charge >= 0.3 is 0 Å². The number of hydrogen-bond acceptors (Lipinski definition) is 4. The molecular weight excluding hydrogens is 504 g/mol. The van der Waals surface area contributed by atoms with Gasteiger partial charge < -0.3 is 9.30 Å². The largest absolute Gasteiger partial charge is 0.492 e. The van der Waals surface area contributed by atoms with Crippen LogP contribution in [-0.2, 0) is 4.79 Å². The van der Waals surface area contributed by atoms with E-state index in [0.29, 0.717) is 15.7 Å². The number of carbonyl (C=O) groups excluding carboxylic acids is 2. The van der Waals surface area contributed by atoms with Crippen LogP contribution in [0.3, 0.4) is 0 Å². The van der Waals surface area contributed by atoms with Crippen molar-refractivity contribution in [2.45, 2.75) is 13.8 Å². The van der Waals surface area contributed by atoms with E-state index in [2.05, 4.69) is 41.0 Å². The number of benzene rings is 3. The van der Waals surface area contributed by atoms with Crippen molar-refractivity contribution in [2.24, 2.45) is 0 Å². The minimum absolute atomic E-state index is 0.178. The van der Waals surface area contributed by atoms with Crippen molar-refractivity contribution in [1.82, 2.24) is 9.47 Å². The summed E-state index contributed by atoms with van der Waals surface area (Å²) in [4.78, 5) is 27.2. The minimum Gasteiger partial charge on any atom is -0.492 e. The quantitative estimate of drug-likeness (QED) is 0.233. The Labute approximate surface area is 225 Å². The number of amides is 2. The summed E-state index contributed by atoms with van der Waals surface area (Å²) >= 11 is 6.85. The predicted molar refractivity (Wildman–Crippen MR) is 150 cm³/mol. The molecule has 0 spiro atoms. The zero-order valence-electron chi connectivity index (χ0n) is 20.5. The van der Waals surface area contributed by atoms with Crippen molar-refractivity contribution in [2.75, 3.05) is 13.2 Å². The molecule has 7 heteroatoms. The zero-order valence-corrected chi connectivity index (χ0v) is 22.1. The molecule has 1 aromatic heterocycles. The monoisotopic (exact) mass is 528 g/mol. The number of carbonyl (C=O) groups is 2. The second kappa shape index (κ2) is 10.7. The summed E-state index contributed by atoms with van der Waals surface area (Å²) < 4.78 is 7.82. The number of hydrogen-bond donors (Lipinski definition) is 0. The Morgan fingerprint density at radius 1 is 0.892 bits per heavy atom. The fourth-order valence-corrected chi connectivity index (χ4v) is 5.37. The molecule has 37 heavy (non-hydrogen) atoms. The van der Waals surface area contributed by atoms with Gasteiger partial charge in [-0.15, -0.1) is 0 Å². The van der Waals surface area contributed by atoms with Crippen molar-refractivity contribution >= 4 is 40.6 Å². The van der Waals surface area contributed by atoms with Gasteiger partial charge in [0.15, 0.2) is 0 Å². The Bertz CT molecular complexity index is 1480. The van der Waals surface area contributed by atoms with E-state index < -0.39 is 0 Å². The average molecular weight is 529 g/mol. The maximum atomic E-state index is 13.0. The number of rotatable bonds is 7. The summed E-state index contributed by atoms with van der Waals surface area (Å²) in [6.07, 6.45) is 1.81. The summed E-state index contributed by atoms with van der Waals surface area (Å²) in [5.74, 6) is 0.336. The van der Waals surface area contributed by atoms with Crippen LogP contribution < -0.4 is 4.74 Å². The third-order valence-electron chi connectivity index (χ3n) is 6.26. The minimum atomic E-state index is -0.299. The molecule has 2 heterocycles. The highest BCUT2D eigenvalue weighted by Gasteiger charge is 2.35. The predicted octanol–water partition coefficient (Wildman–Crippen LogP) is 7.53. The molecule has 0 unspecified atom stereocenters. The molecular formula is C30H25ClN2O3S. The van der Waals surface area contributed by atoms with E-state index in [9.17, 15) is 9.59 Å². The number of thioether (sulfide) groups is 1. The molecule has 0 N–H and O–H groups in total. The molecule has 1 aliphatic rings. The van der Waals surface area contributed by atoms with Crippen molar-refractivity contribution in [3.8, 4) is 22.6 Å². The molecule has 3 aromatic carbocycles. The highest BCUT2D eigenvalue weighted by Crippen LogP contribution is 2.34. The number of ether oxygens (including phenoxy) is 1. The highest BCUT2D eigenvalue weighted by atomic mass is 35.5. The Morgan fingerprint density at radius 3 is 2.27 bits per heavy atom. The van der Waals surface area contributed by atoms with Gasteiger partial charge in [-0.05, 0) is 90.8 Å². The van der Waals surface area contributed by atoms with Gasteiger partial charge in [-0.3, -0.25) is 14.5 Å². The van der Waals surface area contributed by atoms with Crippen molar-refractivity contribution in [3.63, 3.8) is 0 Å². The first-order valence-corrected chi connectivity index (χ1v) is 13.1. The highest BCUT2D eigenvalue weighted by molar-refractivity contribution is 8.18. The van der Waals surface area contributed by atoms with E-state index in [1.54, 1.807) is 24.3 Å². The molecule has 1 saturated heterocycles. The van der Waals surface area contributed by atoms with Crippen LogP contribution in [0.5, 0.6) is 5.75 Å². The molecule has 1 fully saturated rings. The van der Waals surface area contributed by atoms with Gasteiger partial charge in [0.05, 0.1) is 11.4 Å². The molecule has 0 atom stereocenters. The molecule has 5 rings (SSSR count). The lowest BCUT2D eigenvalue weighted by molar-refractivity contribution is -0.123. The summed E-state index contributed by atoms with van der Waals surface area (Å²) in [7, 11) is 0. The summed E-state index contributed by atoms with van der Waals surface area (Å²) in [5.41, 5.74) is 6.33. The third kappa shape index (κ3) is 5.36. The van der Waals surface area contributed by atoms with Crippen LogP contribution in [0, 0.1) is 13.8 Å². The number of aryl methyl sites for hydroxylation is 1. The standard InChI is InChI=1S/C30H25ClN2O3S/c1-20-18-24(21(2)33(20)26-12-8-23(9-13-26)22-6-4-3-5-7-22)19-28-29(34)32(30(35)37-28)16-17-36-27-14-10-25(31)11-15-27/h3-15,18-19H,16-17H2,1-2H3/b28-19-. The maximum Gasteiger partial charge on any atom is 0.293 e. The van der Waals surface area contributed by atoms with Crippen LogP contribution in [0.15, 0.2) is 89.8 Å². The second-order valence-corrected chi connectivity index (χ2v) is 10.1. The number of imide groups is 1. The number of aromatic nitrogens is 1. The smallest absolute Gasteiger partial charge is 0.293 e. The summed E-state index contributed by atoms with van der Waals surface area (Å²) in [6, 6.07) is 27.7. The summed E-state index contributed by atoms with van der Waals surface area (Å²) in [5, 5.41) is 0.327. The SMILES string of the molecule is Cc1cc(/C=C2\SC(=O)N(CCOc3ccc(Cl)cc3)C2=O)c(C)n1-c1ccc(-c2ccccc2)cc1. The Balaban J connectivity index is 1.30. The van der Waals surface area contributed by atoms with Crippen molar-refractivity contribution < 1.29 is 14.3 Å². The van der Waals surface area contributed by atoms with E-state index in [-0.39, 0.29) is 24.3 Å². The molecule has 0 aliphatic carbocycles. The fraction of sp³-hybridized carbons (Fsp3) is 0.133.